The van der Waals surface area contributed by atoms with Crippen molar-refractivity contribution in [2.75, 3.05) is 19.8 Å². The molecule has 0 spiro atoms. The van der Waals surface area contributed by atoms with Gasteiger partial charge in [0.05, 0.1) is 5.75 Å². The maximum Gasteiger partial charge on any atom is 0.277 e. The van der Waals surface area contributed by atoms with Gasteiger partial charge < -0.3 is 15.1 Å². The zero-order chi connectivity index (χ0) is 15.4. The lowest BCUT2D eigenvalue weighted by molar-refractivity contribution is -0.125. The summed E-state index contributed by atoms with van der Waals surface area (Å²) < 4.78 is 5.52. The van der Waals surface area contributed by atoms with Gasteiger partial charge in [-0.1, -0.05) is 36.1 Å². The van der Waals surface area contributed by atoms with Crippen LogP contribution in [0.1, 0.15) is 5.56 Å². The van der Waals surface area contributed by atoms with Gasteiger partial charge in [-0.05, 0) is 12.1 Å². The van der Waals surface area contributed by atoms with Crippen LogP contribution < -0.4 is 5.73 Å². The Balaban J connectivity index is 2.11. The van der Waals surface area contributed by atoms with Crippen molar-refractivity contribution in [2.45, 2.75) is 5.22 Å². The molecule has 21 heavy (non-hydrogen) atoms. The number of carbonyl (C=O) groups excluding carboxylic acids is 1. The highest BCUT2D eigenvalue weighted by molar-refractivity contribution is 7.99. The van der Waals surface area contributed by atoms with E-state index < -0.39 is 0 Å². The van der Waals surface area contributed by atoms with Crippen LogP contribution in [0.4, 0.5) is 0 Å². The molecule has 6 nitrogen and oxygen atoms in total. The fourth-order valence-electron chi connectivity index (χ4n) is 1.44. The predicted molar refractivity (Wildman–Crippen MR) is 85.0 cm³/mol. The Bertz CT molecular complexity index is 670. The number of amides is 1. The number of thiocarbonyl (C=S) groups is 1. The van der Waals surface area contributed by atoms with Crippen LogP contribution in [0, 0.1) is 0 Å². The third-order valence-electron chi connectivity index (χ3n) is 2.62. The molecule has 0 aliphatic carbocycles. The molecule has 0 bridgehead atoms. The minimum absolute atomic E-state index is 0.0183. The summed E-state index contributed by atoms with van der Waals surface area (Å²) >= 11 is 6.14. The normalized spacial score (nSPS) is 10.4. The molecule has 0 fully saturated rings. The standard InChI is InChI=1S/C13H14N4O2S2/c1-17(2)10(18)7-21-13-16-15-12(19-13)9-5-3-4-8(6-9)11(14)20/h3-6H,7H2,1-2H3,(H2,14,20). The third-order valence-corrected chi connectivity index (χ3v) is 3.66. The molecule has 0 aliphatic rings. The van der Waals surface area contributed by atoms with Gasteiger partial charge in [-0.2, -0.15) is 0 Å². The average molecular weight is 322 g/mol. The molecule has 1 aromatic heterocycles. The van der Waals surface area contributed by atoms with Gasteiger partial charge in [0.15, 0.2) is 0 Å². The second-order valence-corrected chi connectivity index (χ2v) is 5.76. The zero-order valence-electron chi connectivity index (χ0n) is 11.6. The van der Waals surface area contributed by atoms with Crippen molar-refractivity contribution in [1.82, 2.24) is 15.1 Å². The van der Waals surface area contributed by atoms with Crippen LogP contribution in [-0.4, -0.2) is 45.8 Å². The van der Waals surface area contributed by atoms with Crippen molar-refractivity contribution >= 4 is 34.9 Å². The molecule has 1 aromatic carbocycles. The van der Waals surface area contributed by atoms with E-state index in [2.05, 4.69) is 10.2 Å². The molecule has 8 heteroatoms. The molecule has 0 unspecified atom stereocenters. The van der Waals surface area contributed by atoms with Crippen LogP contribution in [0.5, 0.6) is 0 Å². The van der Waals surface area contributed by atoms with Crippen molar-refractivity contribution in [1.29, 1.82) is 0 Å². The quantitative estimate of drug-likeness (QED) is 0.660. The summed E-state index contributed by atoms with van der Waals surface area (Å²) in [6, 6.07) is 7.24. The van der Waals surface area contributed by atoms with E-state index in [1.807, 2.05) is 18.2 Å². The van der Waals surface area contributed by atoms with Gasteiger partial charge >= 0.3 is 0 Å². The highest BCUT2D eigenvalue weighted by Gasteiger charge is 2.12. The molecule has 0 aliphatic heterocycles. The van der Waals surface area contributed by atoms with Crippen LogP contribution in [0.25, 0.3) is 11.5 Å². The first-order valence-electron chi connectivity index (χ1n) is 6.04. The lowest BCUT2D eigenvalue weighted by atomic mass is 10.1. The van der Waals surface area contributed by atoms with Crippen LogP contribution in [0.15, 0.2) is 33.9 Å². The molecular formula is C13H14N4O2S2. The second kappa shape index (κ2) is 6.68. The van der Waals surface area contributed by atoms with Crippen molar-refractivity contribution in [3.05, 3.63) is 29.8 Å². The molecule has 0 saturated heterocycles. The number of nitrogens with zero attached hydrogens (tertiary/aromatic N) is 3. The monoisotopic (exact) mass is 322 g/mol. The Hall–Kier alpha value is -1.93. The fourth-order valence-corrected chi connectivity index (χ4v) is 2.31. The maximum absolute atomic E-state index is 11.5. The Labute approximate surface area is 131 Å². The van der Waals surface area contributed by atoms with E-state index in [1.54, 1.807) is 20.2 Å². The number of thioether (sulfide) groups is 1. The topological polar surface area (TPSA) is 85.2 Å². The number of hydrogen-bond donors (Lipinski definition) is 1. The summed E-state index contributed by atoms with van der Waals surface area (Å²) in [5.74, 6) is 0.602. The molecule has 0 atom stereocenters. The van der Waals surface area contributed by atoms with Crippen molar-refractivity contribution in [3.8, 4) is 11.5 Å². The molecule has 1 amide bonds. The van der Waals surface area contributed by atoms with Gasteiger partial charge in [-0.3, -0.25) is 4.79 Å². The summed E-state index contributed by atoms with van der Waals surface area (Å²) in [5.41, 5.74) is 7.06. The first kappa shape index (κ1) is 15.5. The minimum Gasteiger partial charge on any atom is -0.411 e. The lowest BCUT2D eigenvalue weighted by Gasteiger charge is -2.07. The van der Waals surface area contributed by atoms with Crippen LogP contribution in [-0.2, 0) is 4.79 Å². The number of aromatic nitrogens is 2. The number of carbonyl (C=O) groups is 1. The van der Waals surface area contributed by atoms with Crippen LogP contribution in [0.2, 0.25) is 0 Å². The third kappa shape index (κ3) is 4.02. The summed E-state index contributed by atoms with van der Waals surface area (Å²) in [5, 5.41) is 8.22. The maximum atomic E-state index is 11.5. The van der Waals surface area contributed by atoms with E-state index in [0.717, 1.165) is 11.1 Å². The first-order valence-corrected chi connectivity index (χ1v) is 7.43. The largest absolute Gasteiger partial charge is 0.411 e. The van der Waals surface area contributed by atoms with E-state index in [9.17, 15) is 4.79 Å². The Kier molecular flexibility index (Phi) is 4.92. The Morgan fingerprint density at radius 1 is 1.43 bits per heavy atom. The fraction of sp³-hybridized carbons (Fsp3) is 0.231. The van der Waals surface area contributed by atoms with Crippen LogP contribution >= 0.6 is 24.0 Å². The summed E-state index contributed by atoms with van der Waals surface area (Å²) in [7, 11) is 3.40. The van der Waals surface area contributed by atoms with Gasteiger partial charge in [-0.15, -0.1) is 10.2 Å². The van der Waals surface area contributed by atoms with Gasteiger partial charge in [-0.25, -0.2) is 0 Å². The van der Waals surface area contributed by atoms with E-state index in [1.165, 1.54) is 16.7 Å². The van der Waals surface area contributed by atoms with Gasteiger partial charge in [0.2, 0.25) is 11.8 Å². The molecule has 2 rings (SSSR count). The number of hydrogen-bond acceptors (Lipinski definition) is 6. The molecule has 2 N–H and O–H groups in total. The molecular weight excluding hydrogens is 308 g/mol. The highest BCUT2D eigenvalue weighted by atomic mass is 32.2. The summed E-state index contributed by atoms with van der Waals surface area (Å²) in [4.78, 5) is 13.3. The molecule has 1 heterocycles. The minimum atomic E-state index is -0.0183. The van der Waals surface area contributed by atoms with Crippen molar-refractivity contribution in [2.24, 2.45) is 5.73 Å². The van der Waals surface area contributed by atoms with E-state index in [4.69, 9.17) is 22.4 Å². The van der Waals surface area contributed by atoms with Crippen molar-refractivity contribution in [3.63, 3.8) is 0 Å². The Morgan fingerprint density at radius 2 is 2.19 bits per heavy atom. The average Bonchev–Trinajstić information content (AvgIpc) is 2.93. The number of nitrogens with two attached hydrogens (primary N) is 1. The molecule has 110 valence electrons. The zero-order valence-corrected chi connectivity index (χ0v) is 13.2. The van der Waals surface area contributed by atoms with E-state index >= 15 is 0 Å². The van der Waals surface area contributed by atoms with Crippen molar-refractivity contribution < 1.29 is 9.21 Å². The van der Waals surface area contributed by atoms with Gasteiger partial charge in [0.1, 0.15) is 4.99 Å². The SMILES string of the molecule is CN(C)C(=O)CSc1nnc(-c2cccc(C(N)=S)c2)o1. The number of benzene rings is 1. The summed E-state index contributed by atoms with van der Waals surface area (Å²) in [6.07, 6.45) is 0. The molecule has 2 aromatic rings. The molecule has 0 radical (unpaired) electrons. The van der Waals surface area contributed by atoms with E-state index in [-0.39, 0.29) is 11.7 Å². The smallest absolute Gasteiger partial charge is 0.277 e. The predicted octanol–water partition coefficient (Wildman–Crippen LogP) is 1.55. The highest BCUT2D eigenvalue weighted by Crippen LogP contribution is 2.23. The molecule has 0 saturated carbocycles. The first-order chi connectivity index (χ1) is 9.97. The van der Waals surface area contributed by atoms with Gasteiger partial charge in [0, 0.05) is 25.2 Å². The summed E-state index contributed by atoms with van der Waals surface area (Å²) in [6.45, 7) is 0. The van der Waals surface area contributed by atoms with Crippen LogP contribution in [0.3, 0.4) is 0 Å². The second-order valence-electron chi connectivity index (χ2n) is 4.40. The number of rotatable bonds is 5. The van der Waals surface area contributed by atoms with Gasteiger partial charge in [0.25, 0.3) is 5.22 Å². The Morgan fingerprint density at radius 3 is 2.86 bits per heavy atom. The lowest BCUT2D eigenvalue weighted by Crippen LogP contribution is -2.23. The van der Waals surface area contributed by atoms with E-state index in [0.29, 0.717) is 16.1 Å².